The summed E-state index contributed by atoms with van der Waals surface area (Å²) in [5, 5.41) is 22.3. The number of anilines is 3. The third-order valence-electron chi connectivity index (χ3n) is 11.0. The predicted octanol–water partition coefficient (Wildman–Crippen LogP) is 6.07. The number of methoxy groups -OCH3 is 2. The highest BCUT2D eigenvalue weighted by atomic mass is 28.3. The SMILES string of the molecule is COc1ccc(C(=O)Nc2ccc3c(c2)[C@@]2(O[C@H](CCn4cc(CCO)nn4)[C@@H]([Si](C)(C)c4ccc(OC)cc4)[C@@H]2C)C(=O)N3c2ccccc2)cc1. The van der Waals surface area contributed by atoms with Crippen molar-refractivity contribution in [3.8, 4) is 11.5 Å². The number of carbonyl (C=O) groups is 2. The van der Waals surface area contributed by atoms with Crippen molar-refractivity contribution >= 4 is 42.1 Å². The van der Waals surface area contributed by atoms with Gasteiger partial charge in [-0.1, -0.05) is 60.7 Å². The predicted molar refractivity (Wildman–Crippen MR) is 206 cm³/mol. The molecule has 7 rings (SSSR count). The Kier molecular flexibility index (Phi) is 9.94. The van der Waals surface area contributed by atoms with Gasteiger partial charge in [0.2, 0.25) is 0 Å². The third kappa shape index (κ3) is 6.51. The fourth-order valence-electron chi connectivity index (χ4n) is 8.30. The van der Waals surface area contributed by atoms with E-state index in [1.807, 2.05) is 66.9 Å². The maximum Gasteiger partial charge on any atom is 0.268 e. The number of hydrogen-bond donors (Lipinski definition) is 2. The van der Waals surface area contributed by atoms with Crippen molar-refractivity contribution in [3.63, 3.8) is 0 Å². The fourth-order valence-corrected chi connectivity index (χ4v) is 12.4. The second kappa shape index (κ2) is 14.6. The minimum atomic E-state index is -2.40. The first-order valence-corrected chi connectivity index (χ1v) is 21.0. The zero-order valence-electron chi connectivity index (χ0n) is 30.7. The van der Waals surface area contributed by atoms with E-state index in [1.54, 1.807) is 48.1 Å². The molecule has 2 aliphatic heterocycles. The molecule has 5 aromatic rings. The molecule has 0 aliphatic carbocycles. The topological polar surface area (TPSA) is 128 Å². The number of ether oxygens (including phenoxy) is 3. The van der Waals surface area contributed by atoms with Crippen LogP contribution in [0.5, 0.6) is 11.5 Å². The van der Waals surface area contributed by atoms with Crippen LogP contribution < -0.4 is 24.9 Å². The zero-order chi connectivity index (χ0) is 37.3. The van der Waals surface area contributed by atoms with E-state index in [2.05, 4.69) is 47.8 Å². The van der Waals surface area contributed by atoms with Gasteiger partial charge in [0, 0.05) is 54.2 Å². The molecule has 1 spiro atoms. The number of aromatic nitrogens is 3. The molecule has 1 saturated heterocycles. The van der Waals surface area contributed by atoms with E-state index in [9.17, 15) is 9.90 Å². The first kappa shape index (κ1) is 36.1. The number of aryl methyl sites for hydroxylation is 1. The minimum absolute atomic E-state index is 0.00129. The lowest BCUT2D eigenvalue weighted by Gasteiger charge is -2.37. The molecule has 0 bridgehead atoms. The Balaban J connectivity index is 1.32. The average Bonchev–Trinajstić information content (AvgIpc) is 3.83. The molecule has 2 amide bonds. The van der Waals surface area contributed by atoms with Gasteiger partial charge in [-0.25, -0.2) is 0 Å². The van der Waals surface area contributed by atoms with Gasteiger partial charge in [0.05, 0.1) is 39.8 Å². The maximum atomic E-state index is 15.2. The van der Waals surface area contributed by atoms with Gasteiger partial charge in [-0.3, -0.25) is 19.2 Å². The number of para-hydroxylation sites is 1. The van der Waals surface area contributed by atoms with Crippen molar-refractivity contribution in [3.05, 3.63) is 120 Å². The molecule has 1 aromatic heterocycles. The highest BCUT2D eigenvalue weighted by molar-refractivity contribution is 6.91. The van der Waals surface area contributed by atoms with Crippen molar-refractivity contribution in [1.82, 2.24) is 15.0 Å². The molecular formula is C41H45N5O6Si. The van der Waals surface area contributed by atoms with Gasteiger partial charge >= 0.3 is 0 Å². The summed E-state index contributed by atoms with van der Waals surface area (Å²) < 4.78 is 19.9. The van der Waals surface area contributed by atoms with Gasteiger partial charge in [0.15, 0.2) is 5.60 Å². The van der Waals surface area contributed by atoms with Crippen molar-refractivity contribution in [1.29, 1.82) is 0 Å². The largest absolute Gasteiger partial charge is 0.497 e. The van der Waals surface area contributed by atoms with Gasteiger partial charge < -0.3 is 24.6 Å². The van der Waals surface area contributed by atoms with E-state index in [-0.39, 0.29) is 36.0 Å². The number of rotatable bonds is 12. The van der Waals surface area contributed by atoms with Crippen LogP contribution in [0.4, 0.5) is 17.1 Å². The molecule has 53 heavy (non-hydrogen) atoms. The number of nitrogens with zero attached hydrogens (tertiary/aromatic N) is 4. The third-order valence-corrected chi connectivity index (χ3v) is 15.3. The monoisotopic (exact) mass is 731 g/mol. The molecule has 3 heterocycles. The molecule has 4 aromatic carbocycles. The van der Waals surface area contributed by atoms with Crippen LogP contribution in [0.25, 0.3) is 0 Å². The Bertz CT molecular complexity index is 2090. The van der Waals surface area contributed by atoms with Crippen LogP contribution in [-0.4, -0.2) is 66.9 Å². The molecule has 0 saturated carbocycles. The summed E-state index contributed by atoms with van der Waals surface area (Å²) in [6, 6.07) is 30.5. The van der Waals surface area contributed by atoms with Crippen LogP contribution in [0.2, 0.25) is 18.6 Å². The number of nitrogens with one attached hydrogen (secondary N) is 1. The number of carbonyl (C=O) groups excluding carboxylic acids is 2. The Labute approximate surface area is 310 Å². The normalized spacial score (nSPS) is 20.8. The van der Waals surface area contributed by atoms with Crippen molar-refractivity contribution in [2.24, 2.45) is 5.92 Å². The molecule has 0 radical (unpaired) electrons. The number of fused-ring (bicyclic) bond motifs is 2. The average molecular weight is 732 g/mol. The summed E-state index contributed by atoms with van der Waals surface area (Å²) in [6.45, 7) is 7.37. The Morgan fingerprint density at radius 2 is 1.64 bits per heavy atom. The summed E-state index contributed by atoms with van der Waals surface area (Å²) in [6.07, 6.45) is 2.56. The van der Waals surface area contributed by atoms with E-state index < -0.39 is 13.7 Å². The summed E-state index contributed by atoms with van der Waals surface area (Å²) in [7, 11) is 0.846. The molecule has 4 atom stereocenters. The second-order valence-corrected chi connectivity index (χ2v) is 19.0. The zero-order valence-corrected chi connectivity index (χ0v) is 31.7. The minimum Gasteiger partial charge on any atom is -0.497 e. The summed E-state index contributed by atoms with van der Waals surface area (Å²) >= 11 is 0. The van der Waals surface area contributed by atoms with Gasteiger partial charge in [-0.05, 0) is 78.7 Å². The van der Waals surface area contributed by atoms with Crippen LogP contribution >= 0.6 is 0 Å². The molecule has 0 unspecified atom stereocenters. The van der Waals surface area contributed by atoms with Crippen LogP contribution in [0.3, 0.4) is 0 Å². The first-order chi connectivity index (χ1) is 25.6. The molecular weight excluding hydrogens is 687 g/mol. The number of benzene rings is 4. The molecule has 11 nitrogen and oxygen atoms in total. The van der Waals surface area contributed by atoms with E-state index in [0.29, 0.717) is 36.4 Å². The fraction of sp³-hybridized carbons (Fsp3) is 0.317. The first-order valence-electron chi connectivity index (χ1n) is 17.9. The number of hydrogen-bond acceptors (Lipinski definition) is 8. The second-order valence-electron chi connectivity index (χ2n) is 14.3. The van der Waals surface area contributed by atoms with Gasteiger partial charge in [-0.2, -0.15) is 0 Å². The van der Waals surface area contributed by atoms with E-state index in [0.717, 1.165) is 28.4 Å². The summed E-state index contributed by atoms with van der Waals surface area (Å²) in [5.41, 5.74) is 2.63. The van der Waals surface area contributed by atoms with Gasteiger partial charge in [0.25, 0.3) is 11.8 Å². The van der Waals surface area contributed by atoms with Crippen LogP contribution in [-0.2, 0) is 28.1 Å². The van der Waals surface area contributed by atoms with Crippen LogP contribution in [0.15, 0.2) is 103 Å². The van der Waals surface area contributed by atoms with E-state index >= 15 is 4.79 Å². The Morgan fingerprint density at radius 1 is 0.962 bits per heavy atom. The maximum absolute atomic E-state index is 15.2. The highest BCUT2D eigenvalue weighted by Gasteiger charge is 2.66. The van der Waals surface area contributed by atoms with E-state index in [1.165, 1.54) is 5.19 Å². The molecule has 2 aliphatic rings. The molecule has 1 fully saturated rings. The lowest BCUT2D eigenvalue weighted by Crippen LogP contribution is -2.51. The number of amides is 2. The highest BCUT2D eigenvalue weighted by Crippen LogP contribution is 2.61. The summed E-state index contributed by atoms with van der Waals surface area (Å²) in [4.78, 5) is 30.5. The van der Waals surface area contributed by atoms with Crippen molar-refractivity contribution < 1.29 is 28.9 Å². The van der Waals surface area contributed by atoms with Crippen LogP contribution in [0.1, 0.15) is 35.0 Å². The molecule has 2 N–H and O–H groups in total. The molecule has 12 heteroatoms. The van der Waals surface area contributed by atoms with Crippen molar-refractivity contribution in [2.45, 2.75) is 56.7 Å². The number of aliphatic hydroxyl groups is 1. The lowest BCUT2D eigenvalue weighted by atomic mass is 9.82. The van der Waals surface area contributed by atoms with E-state index in [4.69, 9.17) is 14.2 Å². The number of aliphatic hydroxyl groups excluding tert-OH is 1. The van der Waals surface area contributed by atoms with Crippen LogP contribution in [0, 0.1) is 5.92 Å². The smallest absolute Gasteiger partial charge is 0.268 e. The summed E-state index contributed by atoms with van der Waals surface area (Å²) in [5.74, 6) is 0.776. The quantitative estimate of drug-likeness (QED) is 0.148. The molecule has 274 valence electrons. The van der Waals surface area contributed by atoms with Gasteiger partial charge in [-0.15, -0.1) is 5.10 Å². The Morgan fingerprint density at radius 3 is 2.30 bits per heavy atom. The lowest BCUT2D eigenvalue weighted by molar-refractivity contribution is -0.145. The Hall–Kier alpha value is -5.30. The standard InChI is InChI=1S/C41H45N5O6Si/c1-27-38(53(4,5)34-18-16-33(51-3)17-19-34)37(21-23-45-26-30(22-24-47)43-44-45)52-41(27)35-25-29(42-39(48)28-11-14-32(50-2)15-12-28)13-20-36(35)46(40(41)49)31-9-7-6-8-10-31/h6-20,25-27,37-38,47H,21-24H2,1-5H3,(H,42,48)/t27-,37+,38-,41+/m0/s1. The van der Waals surface area contributed by atoms with Gasteiger partial charge in [0.1, 0.15) is 11.5 Å². The van der Waals surface area contributed by atoms with Crippen molar-refractivity contribution in [2.75, 3.05) is 31.0 Å².